The van der Waals surface area contributed by atoms with E-state index in [0.29, 0.717) is 62.8 Å². The Morgan fingerprint density at radius 1 is 1.02 bits per heavy atom. The van der Waals surface area contributed by atoms with Crippen LogP contribution in [0.3, 0.4) is 0 Å². The number of hydrogen-bond acceptors (Lipinski definition) is 11. The number of phenols is 1. The molecule has 0 bridgehead atoms. The lowest BCUT2D eigenvalue weighted by atomic mass is 9.72. The lowest BCUT2D eigenvalue weighted by Gasteiger charge is -2.56. The number of nitrogens with zero attached hydrogens (tertiary/aromatic N) is 5. The summed E-state index contributed by atoms with van der Waals surface area (Å²) in [5, 5.41) is 11.7. The van der Waals surface area contributed by atoms with Gasteiger partial charge in [0.05, 0.1) is 25.9 Å². The number of anilines is 1. The molecular formula is C41H47F2N5O6. The maximum absolute atomic E-state index is 17.3. The molecule has 2 aliphatic carbocycles. The van der Waals surface area contributed by atoms with E-state index in [2.05, 4.69) is 15.8 Å². The summed E-state index contributed by atoms with van der Waals surface area (Å²) in [7, 11) is 3.17. The Hall–Kier alpha value is -4.35. The van der Waals surface area contributed by atoms with Crippen LogP contribution in [0.15, 0.2) is 24.3 Å². The van der Waals surface area contributed by atoms with Gasteiger partial charge in [-0.2, -0.15) is 9.97 Å². The SMILES string of the molecule is C#Cc1c(F)ccc2cc(O)cc(-c3nc(OC)c4c(N5CCCOCC5)nc(OCC56CCCC5N(C5CC(OC)(OCC)C5)CCC6)nc4c3F)c12. The van der Waals surface area contributed by atoms with Gasteiger partial charge in [-0.1, -0.05) is 18.4 Å². The van der Waals surface area contributed by atoms with Crippen LogP contribution in [0, 0.1) is 29.4 Å². The molecular weight excluding hydrogens is 696 g/mol. The summed E-state index contributed by atoms with van der Waals surface area (Å²) in [6, 6.07) is 6.23. The van der Waals surface area contributed by atoms with Gasteiger partial charge < -0.3 is 33.7 Å². The highest BCUT2D eigenvalue weighted by molar-refractivity contribution is 6.04. The maximum atomic E-state index is 17.3. The predicted molar refractivity (Wildman–Crippen MR) is 200 cm³/mol. The summed E-state index contributed by atoms with van der Waals surface area (Å²) in [6.45, 7) is 6.18. The summed E-state index contributed by atoms with van der Waals surface area (Å²) in [5.74, 6) is 0.773. The fourth-order valence-corrected chi connectivity index (χ4v) is 9.52. The first-order valence-corrected chi connectivity index (χ1v) is 19.0. The number of aromatic hydroxyl groups is 1. The summed E-state index contributed by atoms with van der Waals surface area (Å²) in [5.41, 5.74) is -0.341. The zero-order valence-corrected chi connectivity index (χ0v) is 31.1. The molecule has 2 saturated carbocycles. The molecule has 4 aromatic rings. The van der Waals surface area contributed by atoms with Gasteiger partial charge >= 0.3 is 6.01 Å². The van der Waals surface area contributed by atoms with E-state index in [4.69, 9.17) is 40.1 Å². The Kier molecular flexibility index (Phi) is 9.98. The first-order chi connectivity index (χ1) is 26.2. The first kappa shape index (κ1) is 36.6. The second kappa shape index (κ2) is 14.7. The molecule has 13 heteroatoms. The molecule has 0 radical (unpaired) electrons. The molecule has 2 atom stereocenters. The molecule has 0 spiro atoms. The van der Waals surface area contributed by atoms with E-state index in [-0.39, 0.29) is 56.2 Å². The molecule has 2 aromatic heterocycles. The standard InChI is InChI=1S/C41H47F2N5O6/c1-5-28-30(42)12-11-25-20-27(49)21-29(32(25)28)35-34(43)36-33(38(44-35)50-3)37(47-15-9-18-52-19-17-47)46-39(45-36)53-24-40-13-7-10-31(40)48(16-8-14-40)26-22-41(23-26,51-4)54-6-2/h1,11-12,20-21,26,31,49H,6-10,13-19,22-24H2,2-4H3. The van der Waals surface area contributed by atoms with Crippen molar-refractivity contribution in [3.05, 3.63) is 41.5 Å². The summed E-state index contributed by atoms with van der Waals surface area (Å²) in [6.07, 6.45) is 13.4. The Morgan fingerprint density at radius 2 is 1.85 bits per heavy atom. The molecule has 4 fully saturated rings. The Balaban J connectivity index is 1.21. The lowest BCUT2D eigenvalue weighted by molar-refractivity contribution is -0.287. The lowest BCUT2D eigenvalue weighted by Crippen LogP contribution is -2.63. The van der Waals surface area contributed by atoms with E-state index in [9.17, 15) is 5.11 Å². The number of methoxy groups -OCH3 is 2. The fourth-order valence-electron chi connectivity index (χ4n) is 9.52. The van der Waals surface area contributed by atoms with Crippen molar-refractivity contribution in [2.75, 3.05) is 65.2 Å². The van der Waals surface area contributed by atoms with Gasteiger partial charge in [0.2, 0.25) is 5.88 Å². The minimum absolute atomic E-state index is 0.0485. The zero-order valence-electron chi connectivity index (χ0n) is 31.1. The molecule has 286 valence electrons. The molecule has 2 saturated heterocycles. The Bertz CT molecular complexity index is 2100. The number of hydrogen-bond donors (Lipinski definition) is 1. The van der Waals surface area contributed by atoms with Gasteiger partial charge in [0.1, 0.15) is 34.0 Å². The molecule has 2 aromatic carbocycles. The van der Waals surface area contributed by atoms with E-state index < -0.39 is 17.4 Å². The molecule has 0 amide bonds. The van der Waals surface area contributed by atoms with E-state index in [1.165, 1.54) is 31.4 Å². The number of fused-ring (bicyclic) bond motifs is 3. The van der Waals surface area contributed by atoms with Gasteiger partial charge in [0.15, 0.2) is 11.6 Å². The van der Waals surface area contributed by atoms with Crippen molar-refractivity contribution >= 4 is 27.5 Å². The normalized spacial score (nSPS) is 26.0. The van der Waals surface area contributed by atoms with Crippen LogP contribution in [0.4, 0.5) is 14.6 Å². The molecule has 4 aliphatic rings. The number of benzene rings is 2. The highest BCUT2D eigenvalue weighted by Gasteiger charge is 2.55. The van der Waals surface area contributed by atoms with Crippen LogP contribution < -0.4 is 14.4 Å². The number of ether oxygens (including phenoxy) is 5. The molecule has 2 aliphatic heterocycles. The Labute approximate surface area is 313 Å². The van der Waals surface area contributed by atoms with Gasteiger partial charge in [-0.15, -0.1) is 6.42 Å². The number of pyridine rings is 1. The number of halogens is 2. The molecule has 11 nitrogen and oxygen atoms in total. The van der Waals surface area contributed by atoms with E-state index in [0.717, 1.165) is 57.9 Å². The first-order valence-electron chi connectivity index (χ1n) is 19.0. The minimum Gasteiger partial charge on any atom is -0.508 e. The fraction of sp³-hybridized carbons (Fsp3) is 0.537. The van der Waals surface area contributed by atoms with Gasteiger partial charge in [-0.25, -0.2) is 13.8 Å². The molecule has 54 heavy (non-hydrogen) atoms. The predicted octanol–water partition coefficient (Wildman–Crippen LogP) is 6.60. The van der Waals surface area contributed by atoms with Crippen LogP contribution in [0.5, 0.6) is 17.6 Å². The van der Waals surface area contributed by atoms with Gasteiger partial charge in [0.25, 0.3) is 0 Å². The van der Waals surface area contributed by atoms with Crippen molar-refractivity contribution < 1.29 is 37.6 Å². The molecule has 8 rings (SSSR count). The van der Waals surface area contributed by atoms with Gasteiger partial charge in [-0.05, 0) is 69.2 Å². The topological polar surface area (TPSA) is 112 Å². The third-order valence-electron chi connectivity index (χ3n) is 12.1. The van der Waals surface area contributed by atoms with Crippen molar-refractivity contribution in [2.24, 2.45) is 5.41 Å². The van der Waals surface area contributed by atoms with Gasteiger partial charge in [0, 0.05) is 74.7 Å². The largest absolute Gasteiger partial charge is 0.508 e. The zero-order chi connectivity index (χ0) is 37.6. The van der Waals surface area contributed by atoms with Crippen LogP contribution in [-0.2, 0) is 14.2 Å². The van der Waals surface area contributed by atoms with Crippen LogP contribution >= 0.6 is 0 Å². The van der Waals surface area contributed by atoms with Crippen molar-refractivity contribution in [1.29, 1.82) is 0 Å². The smallest absolute Gasteiger partial charge is 0.319 e. The quantitative estimate of drug-likeness (QED) is 0.140. The second-order valence-electron chi connectivity index (χ2n) is 15.0. The van der Waals surface area contributed by atoms with E-state index in [1.54, 1.807) is 7.11 Å². The third-order valence-corrected chi connectivity index (χ3v) is 12.1. The van der Waals surface area contributed by atoms with Crippen molar-refractivity contribution in [1.82, 2.24) is 19.9 Å². The number of terminal acetylenes is 1. The molecule has 4 heterocycles. The average molecular weight is 744 g/mol. The second-order valence-corrected chi connectivity index (χ2v) is 15.0. The monoisotopic (exact) mass is 743 g/mol. The van der Waals surface area contributed by atoms with Crippen LogP contribution in [0.1, 0.15) is 63.9 Å². The molecule has 1 N–H and O–H groups in total. The van der Waals surface area contributed by atoms with Crippen LogP contribution in [0.2, 0.25) is 0 Å². The van der Waals surface area contributed by atoms with Crippen LogP contribution in [0.25, 0.3) is 32.9 Å². The van der Waals surface area contributed by atoms with Gasteiger partial charge in [-0.3, -0.25) is 4.90 Å². The average Bonchev–Trinajstić information content (AvgIpc) is 3.41. The number of likely N-dealkylation sites (tertiary alicyclic amines) is 1. The third kappa shape index (κ3) is 6.27. The Morgan fingerprint density at radius 3 is 2.63 bits per heavy atom. The van der Waals surface area contributed by atoms with Crippen molar-refractivity contribution in [3.8, 4) is 41.2 Å². The highest BCUT2D eigenvalue weighted by atomic mass is 19.1. The summed E-state index contributed by atoms with van der Waals surface area (Å²) < 4.78 is 62.3. The van der Waals surface area contributed by atoms with E-state index in [1.807, 2.05) is 11.8 Å². The number of phenolic OH excluding ortho intramolecular Hbond substituents is 1. The number of aromatic nitrogens is 3. The van der Waals surface area contributed by atoms with Crippen LogP contribution in [-0.4, -0.2) is 103 Å². The summed E-state index contributed by atoms with van der Waals surface area (Å²) in [4.78, 5) is 19.0. The van der Waals surface area contributed by atoms with Crippen molar-refractivity contribution in [2.45, 2.75) is 76.2 Å². The maximum Gasteiger partial charge on any atom is 0.319 e. The van der Waals surface area contributed by atoms with E-state index >= 15 is 8.78 Å². The summed E-state index contributed by atoms with van der Waals surface area (Å²) >= 11 is 0. The molecule has 2 unspecified atom stereocenters. The van der Waals surface area contributed by atoms with Crippen molar-refractivity contribution in [3.63, 3.8) is 0 Å². The highest BCUT2D eigenvalue weighted by Crippen LogP contribution is 2.52. The number of piperidine rings is 1. The minimum atomic E-state index is -0.800. The number of rotatable bonds is 10.